The number of hydrogen-bond acceptors (Lipinski definition) is 4. The van der Waals surface area contributed by atoms with E-state index in [1.54, 1.807) is 19.9 Å². The predicted octanol–water partition coefficient (Wildman–Crippen LogP) is 2.10. The third kappa shape index (κ3) is 5.89. The third-order valence-electron chi connectivity index (χ3n) is 3.45. The number of hydrogen-bond donors (Lipinski definition) is 2. The van der Waals surface area contributed by atoms with Gasteiger partial charge in [-0.2, -0.15) is 10.2 Å². The Hall–Kier alpha value is -1.98. The molecule has 0 aliphatic heterocycles. The van der Waals surface area contributed by atoms with Crippen LogP contribution in [0.5, 0.6) is 0 Å². The Morgan fingerprint density at radius 3 is 2.52 bits per heavy atom. The number of nitrogens with zero attached hydrogens (tertiary/aromatic N) is 2. The van der Waals surface area contributed by atoms with E-state index in [0.717, 1.165) is 6.42 Å². The maximum Gasteiger partial charge on any atom is 0.303 e. The number of carbonyl (C=O) groups excluding carboxylic acids is 1. The lowest BCUT2D eigenvalue weighted by Crippen LogP contribution is -2.29. The maximum absolute atomic E-state index is 12.1. The third-order valence-corrected chi connectivity index (χ3v) is 3.45. The molecule has 0 aliphatic carbocycles. The quantitative estimate of drug-likeness (QED) is 0.803. The Morgan fingerprint density at radius 2 is 1.90 bits per heavy atom. The summed E-state index contributed by atoms with van der Waals surface area (Å²) >= 11 is 0. The van der Waals surface area contributed by atoms with Crippen LogP contribution in [0.15, 0.2) is 6.07 Å². The van der Waals surface area contributed by atoms with Crippen LogP contribution in [0.25, 0.3) is 0 Å². The molecule has 0 fully saturated rings. The second-order valence-electron chi connectivity index (χ2n) is 6.05. The summed E-state index contributed by atoms with van der Waals surface area (Å²) in [7, 11) is 0. The van der Waals surface area contributed by atoms with Gasteiger partial charge in [-0.15, -0.1) is 0 Å². The topological polar surface area (TPSA) is 92.2 Å². The summed E-state index contributed by atoms with van der Waals surface area (Å²) in [5, 5.41) is 19.4. The zero-order chi connectivity index (χ0) is 16.0. The van der Waals surface area contributed by atoms with Crippen molar-refractivity contribution in [1.82, 2.24) is 15.5 Å². The Morgan fingerprint density at radius 1 is 1.24 bits per heavy atom. The Bertz CT molecular complexity index is 527. The molecule has 6 heteroatoms. The lowest BCUT2D eigenvalue weighted by Gasteiger charge is -2.23. The highest BCUT2D eigenvalue weighted by Gasteiger charge is 2.19. The molecule has 2 N–H and O–H groups in total. The second kappa shape index (κ2) is 7.15. The summed E-state index contributed by atoms with van der Waals surface area (Å²) in [5.41, 5.74) is 1.72. The molecule has 0 aliphatic rings. The highest BCUT2D eigenvalue weighted by molar-refractivity contribution is 5.95. The van der Waals surface area contributed by atoms with Crippen LogP contribution in [-0.2, 0) is 4.79 Å². The van der Waals surface area contributed by atoms with Gasteiger partial charge in [0, 0.05) is 13.0 Å². The average Bonchev–Trinajstić information content (AvgIpc) is 2.39. The summed E-state index contributed by atoms with van der Waals surface area (Å²) in [6.45, 7) is 8.06. The lowest BCUT2D eigenvalue weighted by molar-refractivity contribution is -0.137. The van der Waals surface area contributed by atoms with Crippen LogP contribution in [0, 0.1) is 19.3 Å². The average molecular weight is 293 g/mol. The molecule has 0 atom stereocenters. The minimum absolute atomic E-state index is 0.118. The molecular formula is C15H23N3O3. The normalized spacial score (nSPS) is 11.2. The van der Waals surface area contributed by atoms with E-state index in [9.17, 15) is 9.59 Å². The van der Waals surface area contributed by atoms with Gasteiger partial charge in [0.1, 0.15) is 0 Å². The van der Waals surface area contributed by atoms with Gasteiger partial charge in [0.25, 0.3) is 5.91 Å². The molecule has 1 aromatic heterocycles. The highest BCUT2D eigenvalue weighted by Crippen LogP contribution is 2.26. The minimum atomic E-state index is -0.791. The van der Waals surface area contributed by atoms with Crippen LogP contribution in [0.3, 0.4) is 0 Å². The number of carboxylic acid groups (broad SMARTS) is 1. The molecule has 1 rings (SSSR count). The van der Waals surface area contributed by atoms with Gasteiger partial charge in [-0.25, -0.2) is 0 Å². The fourth-order valence-corrected chi connectivity index (χ4v) is 1.96. The van der Waals surface area contributed by atoms with Crippen molar-refractivity contribution >= 4 is 11.9 Å². The van der Waals surface area contributed by atoms with Crippen molar-refractivity contribution in [3.63, 3.8) is 0 Å². The molecular weight excluding hydrogens is 270 g/mol. The van der Waals surface area contributed by atoms with Gasteiger partial charge in [-0.05, 0) is 38.2 Å². The van der Waals surface area contributed by atoms with E-state index >= 15 is 0 Å². The molecule has 0 saturated heterocycles. The molecule has 6 nitrogen and oxygen atoms in total. The Kier molecular flexibility index (Phi) is 5.81. The van der Waals surface area contributed by atoms with Crippen LogP contribution < -0.4 is 5.32 Å². The summed E-state index contributed by atoms with van der Waals surface area (Å²) in [5.74, 6) is -0.958. The number of amides is 1. The fraction of sp³-hybridized carbons (Fsp3) is 0.600. The maximum atomic E-state index is 12.1. The zero-order valence-corrected chi connectivity index (χ0v) is 13.1. The van der Waals surface area contributed by atoms with Crippen molar-refractivity contribution in [2.24, 2.45) is 5.41 Å². The molecule has 1 aromatic rings. The van der Waals surface area contributed by atoms with Gasteiger partial charge in [0.05, 0.1) is 17.0 Å². The molecule has 116 valence electrons. The predicted molar refractivity (Wildman–Crippen MR) is 79.1 cm³/mol. The van der Waals surface area contributed by atoms with Crippen molar-refractivity contribution in [2.45, 2.75) is 47.0 Å². The van der Waals surface area contributed by atoms with E-state index < -0.39 is 5.97 Å². The Balaban J connectivity index is 2.50. The molecule has 0 saturated carbocycles. The molecule has 1 heterocycles. The number of nitrogens with one attached hydrogen (secondary N) is 1. The van der Waals surface area contributed by atoms with E-state index in [1.165, 1.54) is 0 Å². The molecule has 21 heavy (non-hydrogen) atoms. The monoisotopic (exact) mass is 293 g/mol. The summed E-state index contributed by atoms with van der Waals surface area (Å²) < 4.78 is 0. The highest BCUT2D eigenvalue weighted by atomic mass is 16.4. The van der Waals surface area contributed by atoms with Gasteiger partial charge in [-0.3, -0.25) is 9.59 Å². The largest absolute Gasteiger partial charge is 0.481 e. The molecule has 0 spiro atoms. The summed E-state index contributed by atoms with van der Waals surface area (Å²) in [6, 6.07) is 1.72. The molecule has 0 unspecified atom stereocenters. The van der Waals surface area contributed by atoms with Gasteiger partial charge in [0.2, 0.25) is 0 Å². The van der Waals surface area contributed by atoms with Crippen LogP contribution in [0.1, 0.15) is 54.9 Å². The van der Waals surface area contributed by atoms with Crippen LogP contribution >= 0.6 is 0 Å². The first kappa shape index (κ1) is 17.1. The zero-order valence-electron chi connectivity index (χ0n) is 13.1. The molecule has 1 amide bonds. The number of aryl methyl sites for hydroxylation is 2. The van der Waals surface area contributed by atoms with E-state index in [1.807, 2.05) is 13.8 Å². The number of aliphatic carboxylic acids is 1. The van der Waals surface area contributed by atoms with Crippen LogP contribution in [0.4, 0.5) is 0 Å². The van der Waals surface area contributed by atoms with Crippen LogP contribution in [-0.4, -0.2) is 33.7 Å². The summed E-state index contributed by atoms with van der Waals surface area (Å²) in [4.78, 5) is 22.7. The van der Waals surface area contributed by atoms with E-state index in [0.29, 0.717) is 29.9 Å². The summed E-state index contributed by atoms with van der Waals surface area (Å²) in [6.07, 6.45) is 1.46. The molecule has 0 radical (unpaired) electrons. The van der Waals surface area contributed by atoms with Crippen molar-refractivity contribution in [2.75, 3.05) is 6.54 Å². The van der Waals surface area contributed by atoms with Crippen molar-refractivity contribution in [3.8, 4) is 0 Å². The minimum Gasteiger partial charge on any atom is -0.481 e. The number of aromatic nitrogens is 2. The van der Waals surface area contributed by atoms with E-state index in [-0.39, 0.29) is 17.7 Å². The molecule has 0 aromatic carbocycles. The van der Waals surface area contributed by atoms with Gasteiger partial charge < -0.3 is 10.4 Å². The van der Waals surface area contributed by atoms with Crippen molar-refractivity contribution in [3.05, 3.63) is 23.0 Å². The first-order valence-electron chi connectivity index (χ1n) is 7.02. The van der Waals surface area contributed by atoms with Crippen LogP contribution in [0.2, 0.25) is 0 Å². The number of carbonyl (C=O) groups is 2. The Labute approximate surface area is 125 Å². The standard InChI is InChI=1S/C15H23N3O3/c1-10-9-12(11(2)18-17-10)14(21)16-8-7-15(3,4)6-5-13(19)20/h9H,5-8H2,1-4H3,(H,16,21)(H,19,20). The number of carboxylic acids is 1. The van der Waals surface area contributed by atoms with Gasteiger partial charge in [-0.1, -0.05) is 13.8 Å². The van der Waals surface area contributed by atoms with E-state index in [2.05, 4.69) is 15.5 Å². The smallest absolute Gasteiger partial charge is 0.303 e. The van der Waals surface area contributed by atoms with Crippen molar-refractivity contribution in [1.29, 1.82) is 0 Å². The lowest BCUT2D eigenvalue weighted by atomic mass is 9.84. The first-order chi connectivity index (χ1) is 9.71. The van der Waals surface area contributed by atoms with Crippen molar-refractivity contribution < 1.29 is 14.7 Å². The number of rotatable bonds is 7. The fourth-order valence-electron chi connectivity index (χ4n) is 1.96. The molecule has 0 bridgehead atoms. The first-order valence-corrected chi connectivity index (χ1v) is 7.02. The van der Waals surface area contributed by atoms with Gasteiger partial charge >= 0.3 is 5.97 Å². The SMILES string of the molecule is Cc1cc(C(=O)NCCC(C)(C)CCC(=O)O)c(C)nn1. The second-order valence-corrected chi connectivity index (χ2v) is 6.05. The van der Waals surface area contributed by atoms with Gasteiger partial charge in [0.15, 0.2) is 0 Å². The van der Waals surface area contributed by atoms with E-state index in [4.69, 9.17) is 5.11 Å².